The molecule has 0 amide bonds. The molecule has 0 saturated heterocycles. The zero-order valence-electron chi connectivity index (χ0n) is 6.54. The smallest absolute Gasteiger partial charge is 0.119 e. The van der Waals surface area contributed by atoms with Crippen molar-refractivity contribution in [1.29, 1.82) is 0 Å². The number of rotatable bonds is 3. The van der Waals surface area contributed by atoms with Gasteiger partial charge < -0.3 is 4.74 Å². The van der Waals surface area contributed by atoms with E-state index in [0.29, 0.717) is 6.61 Å². The van der Waals surface area contributed by atoms with Crippen LogP contribution < -0.4 is 4.74 Å². The molecule has 0 spiro atoms. The highest BCUT2D eigenvalue weighted by Crippen LogP contribution is 2.12. The molecule has 0 aliphatic carbocycles. The molecule has 0 unspecified atom stereocenters. The third-order valence-electron chi connectivity index (χ3n) is 1.38. The fraction of sp³-hybridized carbons (Fsp3) is 0.333. The van der Waals surface area contributed by atoms with E-state index in [-0.39, 0.29) is 6.61 Å². The molecule has 2 nitrogen and oxygen atoms in total. The number of benzene rings is 1. The molecule has 11 heavy (non-hydrogen) atoms. The average molecular weight is 151 g/mol. The van der Waals surface area contributed by atoms with Gasteiger partial charge in [-0.05, 0) is 24.6 Å². The minimum atomic E-state index is -0.180. The number of hydrogen-bond donors (Lipinski definition) is 0. The van der Waals surface area contributed by atoms with E-state index in [1.165, 1.54) is 0 Å². The molecular weight excluding hydrogens is 140 g/mol. The van der Waals surface area contributed by atoms with Crippen molar-refractivity contribution >= 4 is 0 Å². The van der Waals surface area contributed by atoms with Gasteiger partial charge in [-0.3, -0.25) is 0 Å². The van der Waals surface area contributed by atoms with Gasteiger partial charge in [0.2, 0.25) is 0 Å². The lowest BCUT2D eigenvalue weighted by molar-refractivity contribution is 0.177. The van der Waals surface area contributed by atoms with Gasteiger partial charge in [-0.2, -0.15) is 0 Å². The average Bonchev–Trinajstić information content (AvgIpc) is 2.06. The molecule has 1 aromatic carbocycles. The highest BCUT2D eigenvalue weighted by atomic mass is 16.5. The van der Waals surface area contributed by atoms with Crippen molar-refractivity contribution in [3.05, 3.63) is 29.8 Å². The first kappa shape index (κ1) is 8.08. The molecule has 0 fully saturated rings. The minimum Gasteiger partial charge on any atom is -0.494 e. The van der Waals surface area contributed by atoms with Gasteiger partial charge in [0.1, 0.15) is 12.4 Å². The Balaban J connectivity index is 2.74. The van der Waals surface area contributed by atoms with E-state index in [4.69, 9.17) is 4.74 Å². The molecule has 0 aliphatic rings. The topological polar surface area (TPSA) is 29.1 Å². The summed E-state index contributed by atoms with van der Waals surface area (Å²) < 4.78 is 5.21. The first-order valence-corrected chi connectivity index (χ1v) is 3.66. The third-order valence-corrected chi connectivity index (χ3v) is 1.38. The van der Waals surface area contributed by atoms with Crippen molar-refractivity contribution < 1.29 is 9.84 Å². The lowest BCUT2D eigenvalue weighted by atomic mass is 10.2. The van der Waals surface area contributed by atoms with Gasteiger partial charge in [0.05, 0.1) is 6.61 Å². The summed E-state index contributed by atoms with van der Waals surface area (Å²) in [6.45, 7) is 2.38. The van der Waals surface area contributed by atoms with Crippen LogP contribution in [0.1, 0.15) is 12.5 Å². The zero-order valence-corrected chi connectivity index (χ0v) is 6.54. The Bertz CT molecular complexity index is 221. The molecule has 0 aliphatic heterocycles. The van der Waals surface area contributed by atoms with Crippen LogP contribution in [0.5, 0.6) is 5.75 Å². The van der Waals surface area contributed by atoms with Crippen LogP contribution in [0.4, 0.5) is 0 Å². The summed E-state index contributed by atoms with van der Waals surface area (Å²) >= 11 is 0. The van der Waals surface area contributed by atoms with E-state index in [0.717, 1.165) is 11.3 Å². The molecule has 1 rings (SSSR count). The van der Waals surface area contributed by atoms with Crippen LogP contribution in [-0.2, 0) is 11.7 Å². The summed E-state index contributed by atoms with van der Waals surface area (Å²) in [5.74, 6) is 0.779. The van der Waals surface area contributed by atoms with Crippen LogP contribution >= 0.6 is 0 Å². The molecule has 0 N–H and O–H groups in total. The van der Waals surface area contributed by atoms with E-state index in [1.807, 2.05) is 19.1 Å². The normalized spacial score (nSPS) is 9.64. The molecule has 0 bridgehead atoms. The summed E-state index contributed by atoms with van der Waals surface area (Å²) in [5, 5.41) is 10.4. The van der Waals surface area contributed by atoms with Gasteiger partial charge in [0.15, 0.2) is 0 Å². The van der Waals surface area contributed by atoms with Crippen LogP contribution in [0.25, 0.3) is 0 Å². The molecule has 59 valence electrons. The quantitative estimate of drug-likeness (QED) is 0.649. The Hall–Kier alpha value is -1.02. The third kappa shape index (κ3) is 2.24. The van der Waals surface area contributed by atoms with Gasteiger partial charge in [0, 0.05) is 0 Å². The van der Waals surface area contributed by atoms with Crippen molar-refractivity contribution in [2.24, 2.45) is 0 Å². The first-order chi connectivity index (χ1) is 5.36. The van der Waals surface area contributed by atoms with Crippen LogP contribution in [0.15, 0.2) is 24.3 Å². The monoisotopic (exact) mass is 151 g/mol. The molecular formula is C9H11O2. The first-order valence-electron chi connectivity index (χ1n) is 3.66. The highest BCUT2D eigenvalue weighted by molar-refractivity contribution is 5.27. The zero-order chi connectivity index (χ0) is 8.10. The molecule has 2 heteroatoms. The van der Waals surface area contributed by atoms with Gasteiger partial charge in [-0.25, -0.2) is 5.11 Å². The molecule has 0 aromatic heterocycles. The van der Waals surface area contributed by atoms with E-state index in [1.54, 1.807) is 12.1 Å². The van der Waals surface area contributed by atoms with Crippen molar-refractivity contribution in [2.75, 3.05) is 6.61 Å². The lowest BCUT2D eigenvalue weighted by Gasteiger charge is -2.02. The van der Waals surface area contributed by atoms with Crippen molar-refractivity contribution in [3.8, 4) is 5.75 Å². The Kier molecular flexibility index (Phi) is 2.93. The molecule has 1 aromatic rings. The molecule has 0 atom stereocenters. The van der Waals surface area contributed by atoms with Gasteiger partial charge in [0.25, 0.3) is 0 Å². The minimum absolute atomic E-state index is 0.180. The van der Waals surface area contributed by atoms with Gasteiger partial charge in [-0.15, -0.1) is 0 Å². The number of ether oxygens (including phenoxy) is 1. The van der Waals surface area contributed by atoms with Crippen LogP contribution in [0.3, 0.4) is 0 Å². The summed E-state index contributed by atoms with van der Waals surface area (Å²) in [6, 6.07) is 7.26. The van der Waals surface area contributed by atoms with Crippen LogP contribution in [0, 0.1) is 0 Å². The summed E-state index contributed by atoms with van der Waals surface area (Å²) in [6.07, 6.45) is 0. The second-order valence-electron chi connectivity index (χ2n) is 2.22. The fourth-order valence-electron chi connectivity index (χ4n) is 0.892. The Morgan fingerprint density at radius 1 is 1.45 bits per heavy atom. The summed E-state index contributed by atoms with van der Waals surface area (Å²) in [5.41, 5.74) is 0.774. The predicted molar refractivity (Wildman–Crippen MR) is 42.0 cm³/mol. The van der Waals surface area contributed by atoms with Crippen LogP contribution in [0.2, 0.25) is 0 Å². The maximum Gasteiger partial charge on any atom is 0.119 e. The van der Waals surface area contributed by atoms with E-state index < -0.39 is 0 Å². The predicted octanol–water partition coefficient (Wildman–Crippen LogP) is 2.02. The molecule has 1 radical (unpaired) electrons. The molecule has 0 heterocycles. The maximum atomic E-state index is 10.4. The van der Waals surface area contributed by atoms with E-state index >= 15 is 0 Å². The van der Waals surface area contributed by atoms with E-state index in [9.17, 15) is 5.11 Å². The second-order valence-corrected chi connectivity index (χ2v) is 2.22. The molecule has 0 saturated carbocycles. The lowest BCUT2D eigenvalue weighted by Crippen LogP contribution is -1.91. The van der Waals surface area contributed by atoms with Crippen molar-refractivity contribution in [2.45, 2.75) is 13.5 Å². The number of hydrogen-bond acceptors (Lipinski definition) is 1. The SMILES string of the molecule is CCOc1cccc(C[O])c1. The second kappa shape index (κ2) is 3.98. The van der Waals surface area contributed by atoms with Crippen molar-refractivity contribution in [3.63, 3.8) is 0 Å². The fourth-order valence-corrected chi connectivity index (χ4v) is 0.892. The van der Waals surface area contributed by atoms with Crippen LogP contribution in [-0.4, -0.2) is 6.61 Å². The Labute approximate surface area is 66.4 Å². The highest BCUT2D eigenvalue weighted by Gasteiger charge is 1.93. The largest absolute Gasteiger partial charge is 0.494 e. The summed E-state index contributed by atoms with van der Waals surface area (Å²) in [7, 11) is 0. The van der Waals surface area contributed by atoms with Gasteiger partial charge >= 0.3 is 0 Å². The van der Waals surface area contributed by atoms with E-state index in [2.05, 4.69) is 0 Å². The summed E-state index contributed by atoms with van der Waals surface area (Å²) in [4.78, 5) is 0. The van der Waals surface area contributed by atoms with Gasteiger partial charge in [-0.1, -0.05) is 12.1 Å². The van der Waals surface area contributed by atoms with Crippen molar-refractivity contribution in [1.82, 2.24) is 0 Å². The Morgan fingerprint density at radius 2 is 2.27 bits per heavy atom. The standard InChI is InChI=1S/C9H11O2/c1-2-11-9-5-3-4-8(6-9)7-10/h3-6H,2,7H2,1H3. The maximum absolute atomic E-state index is 10.4. The Morgan fingerprint density at radius 3 is 2.91 bits per heavy atom.